The first-order valence-corrected chi connectivity index (χ1v) is 9.99. The number of anilines is 1. The van der Waals surface area contributed by atoms with Gasteiger partial charge >= 0.3 is 0 Å². The van der Waals surface area contributed by atoms with Gasteiger partial charge in [0, 0.05) is 18.6 Å². The molecule has 1 aromatic heterocycles. The van der Waals surface area contributed by atoms with Crippen LogP contribution in [0.25, 0.3) is 10.2 Å². The van der Waals surface area contributed by atoms with Gasteiger partial charge in [0.2, 0.25) is 5.91 Å². The number of methoxy groups -OCH3 is 1. The van der Waals surface area contributed by atoms with E-state index < -0.39 is 5.41 Å². The highest BCUT2D eigenvalue weighted by Gasteiger charge is 2.50. The maximum absolute atomic E-state index is 12.2. The molecule has 2 aromatic rings. The number of rotatable bonds is 7. The van der Waals surface area contributed by atoms with Crippen molar-refractivity contribution in [1.29, 1.82) is 5.26 Å². The Morgan fingerprint density at radius 3 is 2.92 bits per heavy atom. The number of benzene rings is 1. The van der Waals surface area contributed by atoms with Crippen LogP contribution in [0, 0.1) is 16.7 Å². The predicted molar refractivity (Wildman–Crippen MR) is 102 cm³/mol. The minimum Gasteiger partial charge on any atom is -0.379 e. The Bertz CT molecular complexity index is 834. The van der Waals surface area contributed by atoms with Crippen molar-refractivity contribution in [2.75, 3.05) is 18.2 Å². The maximum atomic E-state index is 12.2. The fourth-order valence-corrected chi connectivity index (χ4v) is 4.72. The molecule has 0 saturated heterocycles. The number of carbonyl (C=O) groups excluding carboxylic acids is 1. The van der Waals surface area contributed by atoms with E-state index in [-0.39, 0.29) is 11.5 Å². The first-order valence-electron chi connectivity index (χ1n) is 8.19. The number of fused-ring (bicyclic) bond motifs is 1. The molecule has 1 amide bonds. The van der Waals surface area contributed by atoms with E-state index in [0.717, 1.165) is 32.4 Å². The lowest BCUT2D eigenvalue weighted by atomic mass is 10.1. The number of ether oxygens (including phenoxy) is 1. The van der Waals surface area contributed by atoms with Gasteiger partial charge in [0.05, 0.1) is 21.9 Å². The number of thiazole rings is 1. The number of nitriles is 1. The summed E-state index contributed by atoms with van der Waals surface area (Å²) in [5.41, 5.74) is 0.719. The zero-order chi connectivity index (χ0) is 18.1. The van der Waals surface area contributed by atoms with Gasteiger partial charge in [-0.1, -0.05) is 11.8 Å². The molecule has 3 rings (SSSR count). The molecule has 1 fully saturated rings. The van der Waals surface area contributed by atoms with Crippen LogP contribution in [0.2, 0.25) is 0 Å². The predicted octanol–water partition coefficient (Wildman–Crippen LogP) is 4.45. The summed E-state index contributed by atoms with van der Waals surface area (Å²) in [6.07, 6.45) is 2.25. The number of hydrogen-bond acceptors (Lipinski definition) is 6. The molecule has 0 bridgehead atoms. The summed E-state index contributed by atoms with van der Waals surface area (Å²) in [5.74, 6) is 0.741. The maximum Gasteiger partial charge on any atom is 0.244 e. The fraction of sp³-hybridized carbons (Fsp3) is 0.500. The Morgan fingerprint density at radius 2 is 2.28 bits per heavy atom. The summed E-state index contributed by atoms with van der Waals surface area (Å²) in [5, 5.41) is 12.0. The lowest BCUT2D eigenvalue weighted by Crippen LogP contribution is -2.22. The Balaban J connectivity index is 1.65. The topological polar surface area (TPSA) is 75.0 Å². The molecular formula is C18H21N3O2S2. The van der Waals surface area contributed by atoms with Gasteiger partial charge in [-0.15, -0.1) is 11.3 Å². The molecule has 25 heavy (non-hydrogen) atoms. The number of nitrogens with zero attached hydrogens (tertiary/aromatic N) is 2. The summed E-state index contributed by atoms with van der Waals surface area (Å²) in [7, 11) is 1.73. The third kappa shape index (κ3) is 4.14. The van der Waals surface area contributed by atoms with E-state index in [9.17, 15) is 4.79 Å². The van der Waals surface area contributed by atoms with Crippen molar-refractivity contribution in [2.24, 2.45) is 5.41 Å². The quantitative estimate of drug-likeness (QED) is 0.724. The second-order valence-electron chi connectivity index (χ2n) is 6.87. The van der Waals surface area contributed by atoms with Gasteiger partial charge in [-0.3, -0.25) is 4.79 Å². The third-order valence-corrected chi connectivity index (χ3v) is 6.67. The zero-order valence-electron chi connectivity index (χ0n) is 14.6. The number of carbonyl (C=O) groups is 1. The molecular weight excluding hydrogens is 354 g/mol. The van der Waals surface area contributed by atoms with Crippen molar-refractivity contribution in [1.82, 2.24) is 4.98 Å². The second-order valence-corrected chi connectivity index (χ2v) is 9.25. The number of aromatic nitrogens is 1. The molecule has 132 valence electrons. The standard InChI is InChI=1S/C18H21N3O2S2/c1-17(2,23-3)8-9-24-16-21-13-5-4-12(10-14(13)25-16)20-15(22)18(11-19)6-7-18/h4-5,10H,6-9H2,1-3H3,(H,20,22). The molecule has 5 nitrogen and oxygen atoms in total. The van der Waals surface area contributed by atoms with E-state index >= 15 is 0 Å². The Kier molecular flexibility index (Phi) is 5.05. The summed E-state index contributed by atoms with van der Waals surface area (Å²) >= 11 is 3.34. The van der Waals surface area contributed by atoms with Gasteiger partial charge in [0.15, 0.2) is 4.34 Å². The van der Waals surface area contributed by atoms with Crippen molar-refractivity contribution < 1.29 is 9.53 Å². The summed E-state index contributed by atoms with van der Waals surface area (Å²) in [4.78, 5) is 16.8. The average molecular weight is 376 g/mol. The van der Waals surface area contributed by atoms with E-state index in [1.165, 1.54) is 0 Å². The van der Waals surface area contributed by atoms with Gasteiger partial charge in [-0.05, 0) is 51.3 Å². The Hall–Kier alpha value is -1.62. The molecule has 7 heteroatoms. The van der Waals surface area contributed by atoms with Crippen molar-refractivity contribution in [2.45, 2.75) is 43.1 Å². The van der Waals surface area contributed by atoms with E-state index in [2.05, 4.69) is 30.2 Å². The zero-order valence-corrected chi connectivity index (χ0v) is 16.2. The molecule has 1 aromatic carbocycles. The monoisotopic (exact) mass is 375 g/mol. The molecule has 1 aliphatic carbocycles. The van der Waals surface area contributed by atoms with Crippen LogP contribution in [0.5, 0.6) is 0 Å². The molecule has 1 aliphatic rings. The summed E-state index contributed by atoms with van der Waals surface area (Å²) < 4.78 is 7.49. The lowest BCUT2D eigenvalue weighted by molar-refractivity contribution is -0.119. The first-order chi connectivity index (χ1) is 11.9. The Labute approximate surface area is 155 Å². The average Bonchev–Trinajstić information content (AvgIpc) is 3.29. The highest BCUT2D eigenvalue weighted by Crippen LogP contribution is 2.45. The van der Waals surface area contributed by atoms with Gasteiger partial charge < -0.3 is 10.1 Å². The number of thioether (sulfide) groups is 1. The first kappa shape index (κ1) is 18.2. The van der Waals surface area contributed by atoms with Crippen molar-refractivity contribution in [3.05, 3.63) is 18.2 Å². The second kappa shape index (κ2) is 6.94. The van der Waals surface area contributed by atoms with Crippen LogP contribution in [0.3, 0.4) is 0 Å². The van der Waals surface area contributed by atoms with E-state index in [1.807, 2.05) is 18.2 Å². The van der Waals surface area contributed by atoms with Gasteiger partial charge in [0.25, 0.3) is 0 Å². The van der Waals surface area contributed by atoms with Crippen LogP contribution in [-0.4, -0.2) is 29.4 Å². The smallest absolute Gasteiger partial charge is 0.244 e. The molecule has 0 aliphatic heterocycles. The minimum absolute atomic E-state index is 0.124. The molecule has 0 unspecified atom stereocenters. The molecule has 0 atom stereocenters. The van der Waals surface area contributed by atoms with Gasteiger partial charge in [-0.25, -0.2) is 4.98 Å². The molecule has 0 spiro atoms. The van der Waals surface area contributed by atoms with Crippen LogP contribution < -0.4 is 5.32 Å². The van der Waals surface area contributed by atoms with Crippen LogP contribution in [0.4, 0.5) is 5.69 Å². The minimum atomic E-state index is -0.808. The largest absolute Gasteiger partial charge is 0.379 e. The Morgan fingerprint density at radius 1 is 1.52 bits per heavy atom. The summed E-state index contributed by atoms with van der Waals surface area (Å²) in [6.45, 7) is 4.16. The van der Waals surface area contributed by atoms with Crippen LogP contribution in [0.15, 0.2) is 22.5 Å². The number of hydrogen-bond donors (Lipinski definition) is 1. The van der Waals surface area contributed by atoms with Gasteiger partial charge in [0.1, 0.15) is 5.41 Å². The van der Waals surface area contributed by atoms with E-state index in [1.54, 1.807) is 30.2 Å². The van der Waals surface area contributed by atoms with Crippen LogP contribution in [-0.2, 0) is 9.53 Å². The molecule has 1 saturated carbocycles. The number of nitrogens with one attached hydrogen (secondary N) is 1. The molecule has 0 radical (unpaired) electrons. The summed E-state index contributed by atoms with van der Waals surface area (Å²) in [6, 6.07) is 7.81. The fourth-order valence-electron chi connectivity index (χ4n) is 2.29. The highest BCUT2D eigenvalue weighted by atomic mass is 32.2. The third-order valence-electron chi connectivity index (χ3n) is 4.51. The van der Waals surface area contributed by atoms with Crippen molar-refractivity contribution >= 4 is 44.9 Å². The molecule has 1 N–H and O–H groups in total. The molecule has 1 heterocycles. The lowest BCUT2D eigenvalue weighted by Gasteiger charge is -2.21. The van der Waals surface area contributed by atoms with Crippen molar-refractivity contribution in [3.63, 3.8) is 0 Å². The normalized spacial score (nSPS) is 15.8. The van der Waals surface area contributed by atoms with Gasteiger partial charge in [-0.2, -0.15) is 5.26 Å². The van der Waals surface area contributed by atoms with E-state index in [4.69, 9.17) is 10.00 Å². The van der Waals surface area contributed by atoms with Crippen LogP contribution in [0.1, 0.15) is 33.1 Å². The van der Waals surface area contributed by atoms with Crippen LogP contribution >= 0.6 is 23.1 Å². The SMILES string of the molecule is COC(C)(C)CCSc1nc2ccc(NC(=O)C3(C#N)CC3)cc2s1. The van der Waals surface area contributed by atoms with Crippen molar-refractivity contribution in [3.8, 4) is 6.07 Å². The highest BCUT2D eigenvalue weighted by molar-refractivity contribution is 8.01. The number of amides is 1. The van der Waals surface area contributed by atoms with E-state index in [0.29, 0.717) is 12.8 Å².